The Balaban J connectivity index is 1.75. The second-order valence-corrected chi connectivity index (χ2v) is 5.51. The third-order valence-corrected chi connectivity index (χ3v) is 3.78. The molecule has 1 aromatic heterocycles. The van der Waals surface area contributed by atoms with Gasteiger partial charge in [0.15, 0.2) is 5.78 Å². The maximum atomic E-state index is 12.5. The first kappa shape index (κ1) is 15.8. The highest BCUT2D eigenvalue weighted by molar-refractivity contribution is 6.08. The number of rotatable bonds is 6. The van der Waals surface area contributed by atoms with Crippen LogP contribution in [0, 0.1) is 0 Å². The van der Waals surface area contributed by atoms with Gasteiger partial charge in [-0.15, -0.1) is 0 Å². The number of allylic oxidation sites excluding steroid dienone is 1. The number of ether oxygens (including phenoxy) is 1. The van der Waals surface area contributed by atoms with Gasteiger partial charge in [-0.25, -0.2) is 0 Å². The summed E-state index contributed by atoms with van der Waals surface area (Å²) in [6.45, 7) is 0.437. The van der Waals surface area contributed by atoms with E-state index in [4.69, 9.17) is 4.74 Å². The van der Waals surface area contributed by atoms with Crippen LogP contribution >= 0.6 is 0 Å². The second-order valence-electron chi connectivity index (χ2n) is 5.51. The summed E-state index contributed by atoms with van der Waals surface area (Å²) in [7, 11) is 1.95. The van der Waals surface area contributed by atoms with Gasteiger partial charge in [0.25, 0.3) is 0 Å². The van der Waals surface area contributed by atoms with E-state index in [1.807, 2.05) is 84.6 Å². The Bertz CT molecular complexity index is 847. The molecule has 0 saturated heterocycles. The van der Waals surface area contributed by atoms with Gasteiger partial charge in [-0.05, 0) is 42.0 Å². The monoisotopic (exact) mass is 317 g/mol. The van der Waals surface area contributed by atoms with Crippen LogP contribution in [0.25, 0.3) is 6.08 Å². The molecule has 0 bridgehead atoms. The molecule has 3 rings (SSSR count). The molecule has 0 radical (unpaired) electrons. The molecule has 0 amide bonds. The maximum absolute atomic E-state index is 12.5. The molecular weight excluding hydrogens is 298 g/mol. The summed E-state index contributed by atoms with van der Waals surface area (Å²) in [6.07, 6.45) is 5.34. The van der Waals surface area contributed by atoms with Gasteiger partial charge in [0, 0.05) is 18.9 Å². The Labute approximate surface area is 141 Å². The SMILES string of the molecule is Cn1cccc1/C=C\C(=O)c1ccccc1OCc1ccccc1. The normalized spacial score (nSPS) is 10.9. The van der Waals surface area contributed by atoms with Crippen molar-refractivity contribution in [2.24, 2.45) is 7.05 Å². The predicted octanol–water partition coefficient (Wildman–Crippen LogP) is 4.50. The van der Waals surface area contributed by atoms with Crippen LogP contribution in [-0.4, -0.2) is 10.4 Å². The lowest BCUT2D eigenvalue weighted by Gasteiger charge is -2.09. The number of aryl methyl sites for hydroxylation is 1. The van der Waals surface area contributed by atoms with E-state index in [0.29, 0.717) is 17.9 Å². The molecule has 0 N–H and O–H groups in total. The smallest absolute Gasteiger partial charge is 0.189 e. The van der Waals surface area contributed by atoms with Crippen LogP contribution < -0.4 is 4.74 Å². The molecule has 0 fully saturated rings. The first-order chi connectivity index (χ1) is 11.7. The van der Waals surface area contributed by atoms with Crippen molar-refractivity contribution in [1.82, 2.24) is 4.57 Å². The Kier molecular flexibility index (Phi) is 4.92. The van der Waals surface area contributed by atoms with E-state index in [1.54, 1.807) is 12.1 Å². The van der Waals surface area contributed by atoms with Gasteiger partial charge in [0.05, 0.1) is 5.56 Å². The standard InChI is InChI=1S/C21H19NO2/c1-22-15-7-10-18(22)13-14-20(23)19-11-5-6-12-21(19)24-16-17-8-3-2-4-9-17/h2-15H,16H2,1H3/b14-13-. The van der Waals surface area contributed by atoms with Crippen molar-refractivity contribution < 1.29 is 9.53 Å². The van der Waals surface area contributed by atoms with E-state index < -0.39 is 0 Å². The molecule has 0 aliphatic rings. The van der Waals surface area contributed by atoms with Gasteiger partial charge in [0.1, 0.15) is 12.4 Å². The van der Waals surface area contributed by atoms with Crippen LogP contribution in [0.4, 0.5) is 0 Å². The molecule has 0 atom stereocenters. The third-order valence-electron chi connectivity index (χ3n) is 3.78. The minimum absolute atomic E-state index is 0.0696. The Morgan fingerprint density at radius 3 is 2.50 bits per heavy atom. The summed E-state index contributed by atoms with van der Waals surface area (Å²) >= 11 is 0. The highest BCUT2D eigenvalue weighted by atomic mass is 16.5. The number of para-hydroxylation sites is 1. The largest absolute Gasteiger partial charge is 0.488 e. The average Bonchev–Trinajstić information content (AvgIpc) is 3.04. The molecule has 24 heavy (non-hydrogen) atoms. The molecule has 3 heteroatoms. The van der Waals surface area contributed by atoms with Crippen LogP contribution in [0.3, 0.4) is 0 Å². The lowest BCUT2D eigenvalue weighted by molar-refractivity contribution is 0.104. The van der Waals surface area contributed by atoms with Crippen molar-refractivity contribution >= 4 is 11.9 Å². The van der Waals surface area contributed by atoms with Gasteiger partial charge in [-0.2, -0.15) is 0 Å². The zero-order valence-corrected chi connectivity index (χ0v) is 13.6. The fourth-order valence-corrected chi connectivity index (χ4v) is 2.43. The van der Waals surface area contributed by atoms with E-state index >= 15 is 0 Å². The zero-order valence-electron chi connectivity index (χ0n) is 13.6. The molecule has 0 saturated carbocycles. The Morgan fingerprint density at radius 2 is 1.75 bits per heavy atom. The first-order valence-corrected chi connectivity index (χ1v) is 7.83. The lowest BCUT2D eigenvalue weighted by Crippen LogP contribution is -2.02. The second kappa shape index (κ2) is 7.47. The van der Waals surface area contributed by atoms with Gasteiger partial charge in [0.2, 0.25) is 0 Å². The number of aromatic nitrogens is 1. The van der Waals surface area contributed by atoms with E-state index in [0.717, 1.165) is 11.3 Å². The summed E-state index contributed by atoms with van der Waals surface area (Å²) < 4.78 is 7.81. The number of hydrogen-bond donors (Lipinski definition) is 0. The number of nitrogens with zero attached hydrogens (tertiary/aromatic N) is 1. The molecule has 2 aromatic carbocycles. The summed E-state index contributed by atoms with van der Waals surface area (Å²) in [5.74, 6) is 0.530. The number of ketones is 1. The minimum atomic E-state index is -0.0696. The number of benzene rings is 2. The molecule has 120 valence electrons. The predicted molar refractivity (Wildman–Crippen MR) is 96.0 cm³/mol. The van der Waals surface area contributed by atoms with Crippen LogP contribution in [-0.2, 0) is 13.7 Å². The quantitative estimate of drug-likeness (QED) is 0.495. The van der Waals surface area contributed by atoms with Crippen LogP contribution in [0.15, 0.2) is 79.0 Å². The maximum Gasteiger partial charge on any atom is 0.189 e. The molecule has 0 spiro atoms. The number of hydrogen-bond acceptors (Lipinski definition) is 2. The average molecular weight is 317 g/mol. The van der Waals surface area contributed by atoms with Crippen LogP contribution in [0.5, 0.6) is 5.75 Å². The van der Waals surface area contributed by atoms with Gasteiger partial charge in [-0.3, -0.25) is 4.79 Å². The fourth-order valence-electron chi connectivity index (χ4n) is 2.43. The van der Waals surface area contributed by atoms with Gasteiger partial charge in [-0.1, -0.05) is 42.5 Å². The lowest BCUT2D eigenvalue weighted by atomic mass is 10.1. The molecule has 0 unspecified atom stereocenters. The van der Waals surface area contributed by atoms with Crippen molar-refractivity contribution in [3.8, 4) is 5.75 Å². The van der Waals surface area contributed by atoms with E-state index in [9.17, 15) is 4.79 Å². The molecular formula is C21H19NO2. The minimum Gasteiger partial charge on any atom is -0.488 e. The topological polar surface area (TPSA) is 31.2 Å². The molecule has 1 heterocycles. The van der Waals surface area contributed by atoms with E-state index in [1.165, 1.54) is 0 Å². The summed E-state index contributed by atoms with van der Waals surface area (Å²) in [5.41, 5.74) is 2.61. The van der Waals surface area contributed by atoms with Crippen LogP contribution in [0.2, 0.25) is 0 Å². The highest BCUT2D eigenvalue weighted by Crippen LogP contribution is 2.20. The summed E-state index contributed by atoms with van der Waals surface area (Å²) in [4.78, 5) is 12.5. The van der Waals surface area contributed by atoms with Crippen LogP contribution in [0.1, 0.15) is 21.6 Å². The Hall–Kier alpha value is -3.07. The molecule has 3 aromatic rings. The van der Waals surface area contributed by atoms with Gasteiger partial charge < -0.3 is 9.30 Å². The summed E-state index contributed by atoms with van der Waals surface area (Å²) in [5, 5.41) is 0. The first-order valence-electron chi connectivity index (χ1n) is 7.83. The summed E-state index contributed by atoms with van der Waals surface area (Å²) in [6, 6.07) is 21.1. The van der Waals surface area contributed by atoms with Crippen molar-refractivity contribution in [1.29, 1.82) is 0 Å². The Morgan fingerprint density at radius 1 is 1.00 bits per heavy atom. The fraction of sp³-hybridized carbons (Fsp3) is 0.0952. The van der Waals surface area contributed by atoms with Crippen molar-refractivity contribution in [2.45, 2.75) is 6.61 Å². The van der Waals surface area contributed by atoms with Gasteiger partial charge >= 0.3 is 0 Å². The number of carbonyl (C=O) groups is 1. The third kappa shape index (κ3) is 3.82. The van der Waals surface area contributed by atoms with Crippen molar-refractivity contribution in [3.05, 3.63) is 95.8 Å². The molecule has 0 aliphatic carbocycles. The molecule has 3 nitrogen and oxygen atoms in total. The number of carbonyl (C=O) groups excluding carboxylic acids is 1. The highest BCUT2D eigenvalue weighted by Gasteiger charge is 2.09. The zero-order chi connectivity index (χ0) is 16.8. The van der Waals surface area contributed by atoms with E-state index in [2.05, 4.69) is 0 Å². The molecule has 0 aliphatic heterocycles. The van der Waals surface area contributed by atoms with Crippen molar-refractivity contribution in [3.63, 3.8) is 0 Å². The van der Waals surface area contributed by atoms with E-state index in [-0.39, 0.29) is 5.78 Å². The van der Waals surface area contributed by atoms with Crippen molar-refractivity contribution in [2.75, 3.05) is 0 Å².